The Balaban J connectivity index is 1.68. The summed E-state index contributed by atoms with van der Waals surface area (Å²) in [4.78, 5) is 6.88. The van der Waals surface area contributed by atoms with Crippen LogP contribution in [-0.4, -0.2) is 19.1 Å². The molecule has 0 aliphatic rings. The SMILES string of the molecule is CN(C)c1cccc(N=Nc2ccc3nc4ccc(N)cc4[n+](-c4ccccc4)c3c2)c1. The summed E-state index contributed by atoms with van der Waals surface area (Å²) >= 11 is 0. The molecule has 0 saturated heterocycles. The first-order valence-electron chi connectivity index (χ1n) is 10.4. The number of hydrogen-bond donors (Lipinski definition) is 1. The van der Waals surface area contributed by atoms with Crippen LogP contribution in [0.4, 0.5) is 22.7 Å². The van der Waals surface area contributed by atoms with Crippen LogP contribution in [0.1, 0.15) is 0 Å². The first kappa shape index (κ1) is 19.6. The second-order valence-electron chi connectivity index (χ2n) is 7.82. The van der Waals surface area contributed by atoms with Gasteiger partial charge in [-0.05, 0) is 42.5 Å². The van der Waals surface area contributed by atoms with E-state index in [0.717, 1.165) is 44.8 Å². The van der Waals surface area contributed by atoms with E-state index >= 15 is 0 Å². The van der Waals surface area contributed by atoms with Crippen molar-refractivity contribution in [1.29, 1.82) is 0 Å². The van der Waals surface area contributed by atoms with Gasteiger partial charge in [-0.3, -0.25) is 0 Å². The van der Waals surface area contributed by atoms with Crippen molar-refractivity contribution in [1.82, 2.24) is 4.98 Å². The molecule has 6 heteroatoms. The molecular weight excluding hydrogens is 396 g/mol. The summed E-state index contributed by atoms with van der Waals surface area (Å²) in [5, 5.41) is 8.95. The Morgan fingerprint density at radius 1 is 0.719 bits per heavy atom. The fraction of sp³-hybridized carbons (Fsp3) is 0.0769. The fourth-order valence-electron chi connectivity index (χ4n) is 3.73. The van der Waals surface area contributed by atoms with Gasteiger partial charge in [-0.2, -0.15) is 10.2 Å². The number of nitrogens with two attached hydrogens (primary N) is 1. The van der Waals surface area contributed by atoms with Crippen molar-refractivity contribution in [3.05, 3.63) is 91.0 Å². The number of nitrogen functional groups attached to an aromatic ring is 1. The molecule has 0 saturated carbocycles. The number of azo groups is 1. The van der Waals surface area contributed by atoms with Crippen molar-refractivity contribution >= 4 is 44.8 Å². The lowest BCUT2D eigenvalue weighted by Crippen LogP contribution is -2.33. The largest absolute Gasteiger partial charge is 0.399 e. The van der Waals surface area contributed by atoms with Crippen LogP contribution in [-0.2, 0) is 0 Å². The van der Waals surface area contributed by atoms with E-state index in [1.807, 2.05) is 97.9 Å². The number of anilines is 2. The van der Waals surface area contributed by atoms with Crippen LogP contribution in [0.2, 0.25) is 0 Å². The summed E-state index contributed by atoms with van der Waals surface area (Å²) in [5.41, 5.74) is 14.1. The fourth-order valence-corrected chi connectivity index (χ4v) is 3.73. The molecule has 32 heavy (non-hydrogen) atoms. The molecule has 0 unspecified atom stereocenters. The molecule has 156 valence electrons. The maximum absolute atomic E-state index is 6.11. The number of rotatable bonds is 4. The number of fused-ring (bicyclic) bond motifs is 2. The zero-order chi connectivity index (χ0) is 22.1. The van der Waals surface area contributed by atoms with Gasteiger partial charge >= 0.3 is 0 Å². The highest BCUT2D eigenvalue weighted by Gasteiger charge is 2.20. The molecule has 0 amide bonds. The Kier molecular flexibility index (Phi) is 4.95. The first-order valence-corrected chi connectivity index (χ1v) is 10.4. The predicted octanol–water partition coefficient (Wildman–Crippen LogP) is 5.73. The monoisotopic (exact) mass is 419 g/mol. The average Bonchev–Trinajstić information content (AvgIpc) is 2.82. The topological polar surface area (TPSA) is 70.8 Å². The van der Waals surface area contributed by atoms with Crippen LogP contribution in [0.15, 0.2) is 101 Å². The molecule has 0 spiro atoms. The molecule has 5 aromatic rings. The van der Waals surface area contributed by atoms with E-state index in [1.165, 1.54) is 0 Å². The summed E-state index contributed by atoms with van der Waals surface area (Å²) in [6.45, 7) is 0. The van der Waals surface area contributed by atoms with Crippen LogP contribution in [0.25, 0.3) is 27.8 Å². The Labute approximate surface area is 186 Å². The van der Waals surface area contributed by atoms with Crippen LogP contribution < -0.4 is 15.2 Å². The summed E-state index contributed by atoms with van der Waals surface area (Å²) in [6.07, 6.45) is 0. The lowest BCUT2D eigenvalue weighted by molar-refractivity contribution is -0.538. The summed E-state index contributed by atoms with van der Waals surface area (Å²) < 4.78 is 2.17. The van der Waals surface area contributed by atoms with Gasteiger partial charge in [-0.1, -0.05) is 24.3 Å². The van der Waals surface area contributed by atoms with Crippen molar-refractivity contribution in [2.45, 2.75) is 0 Å². The molecule has 1 aromatic heterocycles. The number of hydrogen-bond acceptors (Lipinski definition) is 5. The van der Waals surface area contributed by atoms with Gasteiger partial charge in [0.15, 0.2) is 0 Å². The second-order valence-corrected chi connectivity index (χ2v) is 7.82. The molecule has 0 bridgehead atoms. The predicted molar refractivity (Wildman–Crippen MR) is 130 cm³/mol. The van der Waals surface area contributed by atoms with Crippen LogP contribution >= 0.6 is 0 Å². The molecule has 0 aliphatic heterocycles. The minimum Gasteiger partial charge on any atom is -0.399 e. The zero-order valence-electron chi connectivity index (χ0n) is 18.0. The van der Waals surface area contributed by atoms with Crippen molar-refractivity contribution in [2.75, 3.05) is 24.7 Å². The van der Waals surface area contributed by atoms with E-state index in [4.69, 9.17) is 10.7 Å². The van der Waals surface area contributed by atoms with Crippen molar-refractivity contribution in [3.63, 3.8) is 0 Å². The number of benzene rings is 4. The van der Waals surface area contributed by atoms with Gasteiger partial charge in [-0.25, -0.2) is 4.98 Å². The van der Waals surface area contributed by atoms with Gasteiger partial charge in [-0.15, -0.1) is 4.57 Å². The summed E-state index contributed by atoms with van der Waals surface area (Å²) in [6, 6.07) is 29.9. The maximum atomic E-state index is 6.11. The second kappa shape index (κ2) is 8.07. The number of aromatic nitrogens is 2. The summed E-state index contributed by atoms with van der Waals surface area (Å²) in [7, 11) is 4.01. The van der Waals surface area contributed by atoms with E-state index in [9.17, 15) is 0 Å². The lowest BCUT2D eigenvalue weighted by Gasteiger charge is -2.11. The Bertz CT molecular complexity index is 1460. The Hall–Kier alpha value is -4.32. The Morgan fingerprint density at radius 2 is 1.41 bits per heavy atom. The smallest absolute Gasteiger partial charge is 0.239 e. The minimum absolute atomic E-state index is 0.694. The van der Waals surface area contributed by atoms with Crippen molar-refractivity contribution in [3.8, 4) is 5.69 Å². The van der Waals surface area contributed by atoms with E-state index in [-0.39, 0.29) is 0 Å². The Morgan fingerprint density at radius 3 is 2.16 bits per heavy atom. The van der Waals surface area contributed by atoms with Gasteiger partial charge in [0.25, 0.3) is 0 Å². The lowest BCUT2D eigenvalue weighted by atomic mass is 10.2. The van der Waals surface area contributed by atoms with Gasteiger partial charge in [0.2, 0.25) is 16.7 Å². The molecular formula is C26H23N6+. The van der Waals surface area contributed by atoms with Crippen molar-refractivity contribution < 1.29 is 4.57 Å². The zero-order valence-corrected chi connectivity index (χ0v) is 18.0. The highest BCUT2D eigenvalue weighted by molar-refractivity contribution is 5.85. The van der Waals surface area contributed by atoms with Crippen LogP contribution in [0.3, 0.4) is 0 Å². The quantitative estimate of drug-likeness (QED) is 0.175. The van der Waals surface area contributed by atoms with Gasteiger partial charge in [0, 0.05) is 49.7 Å². The first-order chi connectivity index (χ1) is 15.6. The van der Waals surface area contributed by atoms with E-state index < -0.39 is 0 Å². The molecule has 4 aromatic carbocycles. The molecule has 6 nitrogen and oxygen atoms in total. The van der Waals surface area contributed by atoms with Crippen LogP contribution in [0.5, 0.6) is 0 Å². The third kappa shape index (κ3) is 3.74. The highest BCUT2D eigenvalue weighted by Crippen LogP contribution is 2.26. The highest BCUT2D eigenvalue weighted by atomic mass is 15.1. The van der Waals surface area contributed by atoms with Gasteiger partial charge in [0.05, 0.1) is 11.4 Å². The van der Waals surface area contributed by atoms with E-state index in [2.05, 4.69) is 26.9 Å². The molecule has 0 atom stereocenters. The van der Waals surface area contributed by atoms with Gasteiger partial charge < -0.3 is 10.6 Å². The average molecular weight is 420 g/mol. The van der Waals surface area contributed by atoms with E-state index in [0.29, 0.717) is 5.69 Å². The van der Waals surface area contributed by atoms with Crippen LogP contribution in [0, 0.1) is 0 Å². The molecule has 5 rings (SSSR count). The number of nitrogens with zero attached hydrogens (tertiary/aromatic N) is 5. The molecule has 2 N–H and O–H groups in total. The molecule has 1 heterocycles. The third-order valence-corrected chi connectivity index (χ3v) is 5.32. The van der Waals surface area contributed by atoms with E-state index in [1.54, 1.807) is 0 Å². The standard InChI is InChI=1S/C26H22N6/c1-31(2)22-10-6-7-19(16-22)29-30-20-12-14-24-26(17-20)32(21-8-4-3-5-9-21)25-15-18(27)11-13-23(25)28-24/h3-17,27H,1-2H3/p+1. The molecule has 0 radical (unpaired) electrons. The van der Waals surface area contributed by atoms with Crippen molar-refractivity contribution in [2.24, 2.45) is 10.2 Å². The van der Waals surface area contributed by atoms with Gasteiger partial charge in [0.1, 0.15) is 11.0 Å². The maximum Gasteiger partial charge on any atom is 0.239 e. The minimum atomic E-state index is 0.694. The third-order valence-electron chi connectivity index (χ3n) is 5.32. The normalized spacial score (nSPS) is 11.4. The molecule has 0 fully saturated rings. The number of para-hydroxylation sites is 1. The summed E-state index contributed by atoms with van der Waals surface area (Å²) in [5.74, 6) is 0. The molecule has 0 aliphatic carbocycles.